The lowest BCUT2D eigenvalue weighted by Crippen LogP contribution is -2.46. The Morgan fingerprint density at radius 2 is 1.64 bits per heavy atom. The Bertz CT molecular complexity index is 761. The summed E-state index contributed by atoms with van der Waals surface area (Å²) in [4.78, 5) is 33.4. The van der Waals surface area contributed by atoms with Gasteiger partial charge < -0.3 is 16.0 Å². The summed E-state index contributed by atoms with van der Waals surface area (Å²) in [5.74, 6) is -0.140. The van der Waals surface area contributed by atoms with Crippen molar-refractivity contribution in [3.63, 3.8) is 0 Å². The van der Waals surface area contributed by atoms with Crippen molar-refractivity contribution in [2.45, 2.75) is 25.7 Å². The SMILES string of the molecule is O=C(CC1(C(=O)NCCc2cccnc2)CCNC1)NCCc1cccnc1. The van der Waals surface area contributed by atoms with Crippen LogP contribution in [0, 0.1) is 5.41 Å². The monoisotopic (exact) mass is 381 g/mol. The van der Waals surface area contributed by atoms with Gasteiger partial charge in [-0.3, -0.25) is 19.6 Å². The number of hydrogen-bond donors (Lipinski definition) is 3. The summed E-state index contributed by atoms with van der Waals surface area (Å²) in [6.07, 6.45) is 9.37. The van der Waals surface area contributed by atoms with Gasteiger partial charge in [-0.05, 0) is 49.1 Å². The lowest BCUT2D eigenvalue weighted by molar-refractivity contribution is -0.135. The predicted molar refractivity (Wildman–Crippen MR) is 106 cm³/mol. The van der Waals surface area contributed by atoms with Crippen molar-refractivity contribution in [1.82, 2.24) is 25.9 Å². The van der Waals surface area contributed by atoms with Gasteiger partial charge in [-0.1, -0.05) is 12.1 Å². The van der Waals surface area contributed by atoms with E-state index in [-0.39, 0.29) is 18.2 Å². The van der Waals surface area contributed by atoms with Crippen LogP contribution in [0.25, 0.3) is 0 Å². The third-order valence-electron chi connectivity index (χ3n) is 5.10. The van der Waals surface area contributed by atoms with Crippen LogP contribution in [0.3, 0.4) is 0 Å². The van der Waals surface area contributed by atoms with E-state index in [1.807, 2.05) is 24.3 Å². The number of carbonyl (C=O) groups excluding carboxylic acids is 2. The molecule has 3 rings (SSSR count). The van der Waals surface area contributed by atoms with Crippen LogP contribution < -0.4 is 16.0 Å². The van der Waals surface area contributed by atoms with Crippen LogP contribution in [-0.4, -0.2) is 48.0 Å². The molecule has 0 aromatic carbocycles. The highest BCUT2D eigenvalue weighted by Crippen LogP contribution is 2.30. The normalized spacial score (nSPS) is 18.6. The van der Waals surface area contributed by atoms with Gasteiger partial charge in [0.1, 0.15) is 0 Å². The molecule has 7 heteroatoms. The Labute approximate surface area is 165 Å². The first-order valence-corrected chi connectivity index (χ1v) is 9.71. The van der Waals surface area contributed by atoms with Crippen molar-refractivity contribution in [3.8, 4) is 0 Å². The van der Waals surface area contributed by atoms with E-state index in [1.165, 1.54) is 0 Å². The fraction of sp³-hybridized carbons (Fsp3) is 0.429. The molecule has 0 saturated carbocycles. The maximum atomic E-state index is 12.8. The maximum Gasteiger partial charge on any atom is 0.228 e. The topological polar surface area (TPSA) is 96.0 Å². The van der Waals surface area contributed by atoms with Gasteiger partial charge in [0, 0.05) is 50.8 Å². The van der Waals surface area contributed by atoms with Gasteiger partial charge in [0.25, 0.3) is 0 Å². The minimum atomic E-state index is -0.673. The third kappa shape index (κ3) is 5.60. The molecule has 28 heavy (non-hydrogen) atoms. The number of hydrogen-bond acceptors (Lipinski definition) is 5. The first-order chi connectivity index (χ1) is 13.7. The van der Waals surface area contributed by atoms with E-state index in [9.17, 15) is 9.59 Å². The van der Waals surface area contributed by atoms with Gasteiger partial charge >= 0.3 is 0 Å². The first-order valence-electron chi connectivity index (χ1n) is 9.71. The number of aromatic nitrogens is 2. The van der Waals surface area contributed by atoms with Gasteiger partial charge in [0.05, 0.1) is 5.41 Å². The second-order valence-corrected chi connectivity index (χ2v) is 7.21. The van der Waals surface area contributed by atoms with Gasteiger partial charge in [-0.25, -0.2) is 0 Å². The van der Waals surface area contributed by atoms with Gasteiger partial charge in [-0.15, -0.1) is 0 Å². The largest absolute Gasteiger partial charge is 0.356 e. The van der Waals surface area contributed by atoms with Crippen molar-refractivity contribution < 1.29 is 9.59 Å². The van der Waals surface area contributed by atoms with Crippen LogP contribution in [0.15, 0.2) is 49.1 Å². The third-order valence-corrected chi connectivity index (χ3v) is 5.10. The molecule has 1 aliphatic rings. The van der Waals surface area contributed by atoms with Crippen molar-refractivity contribution in [2.24, 2.45) is 5.41 Å². The molecule has 0 bridgehead atoms. The molecular formula is C21H27N5O2. The van der Waals surface area contributed by atoms with Crippen molar-refractivity contribution in [2.75, 3.05) is 26.2 Å². The summed E-state index contributed by atoms with van der Waals surface area (Å²) >= 11 is 0. The molecule has 7 nitrogen and oxygen atoms in total. The van der Waals surface area contributed by atoms with E-state index in [4.69, 9.17) is 0 Å². The Balaban J connectivity index is 1.46. The lowest BCUT2D eigenvalue weighted by atomic mass is 9.82. The molecule has 2 aromatic rings. The summed E-state index contributed by atoms with van der Waals surface area (Å²) < 4.78 is 0. The van der Waals surface area contributed by atoms with Gasteiger partial charge in [-0.2, -0.15) is 0 Å². The zero-order chi connectivity index (χ0) is 19.7. The molecule has 0 aliphatic carbocycles. The van der Waals surface area contributed by atoms with Crippen LogP contribution in [0.4, 0.5) is 0 Å². The molecule has 0 spiro atoms. The molecular weight excluding hydrogens is 354 g/mol. The van der Waals surface area contributed by atoms with E-state index in [1.54, 1.807) is 24.8 Å². The number of amides is 2. The highest BCUT2D eigenvalue weighted by molar-refractivity contribution is 5.89. The molecule has 1 atom stereocenters. The van der Waals surface area contributed by atoms with Crippen molar-refractivity contribution in [3.05, 3.63) is 60.2 Å². The first kappa shape index (κ1) is 19.9. The molecule has 1 saturated heterocycles. The minimum Gasteiger partial charge on any atom is -0.356 e. The Kier molecular flexibility index (Phi) is 7.08. The zero-order valence-corrected chi connectivity index (χ0v) is 16.0. The Morgan fingerprint density at radius 1 is 1.00 bits per heavy atom. The number of rotatable bonds is 9. The molecule has 0 radical (unpaired) electrons. The summed E-state index contributed by atoms with van der Waals surface area (Å²) in [6.45, 7) is 2.35. The number of nitrogens with one attached hydrogen (secondary N) is 3. The fourth-order valence-electron chi connectivity index (χ4n) is 3.48. The van der Waals surface area contributed by atoms with Crippen LogP contribution in [0.1, 0.15) is 24.0 Å². The van der Waals surface area contributed by atoms with Crippen molar-refractivity contribution >= 4 is 11.8 Å². The summed E-state index contributed by atoms with van der Waals surface area (Å²) in [7, 11) is 0. The molecule has 3 N–H and O–H groups in total. The van der Waals surface area contributed by atoms with Crippen LogP contribution in [0.2, 0.25) is 0 Å². The van der Waals surface area contributed by atoms with Crippen LogP contribution in [-0.2, 0) is 22.4 Å². The second-order valence-electron chi connectivity index (χ2n) is 7.21. The van der Waals surface area contributed by atoms with Gasteiger partial charge in [0.15, 0.2) is 0 Å². The van der Waals surface area contributed by atoms with E-state index in [0.717, 1.165) is 30.5 Å². The summed E-state index contributed by atoms with van der Waals surface area (Å²) in [5.41, 5.74) is 1.48. The molecule has 148 valence electrons. The quantitative estimate of drug-likeness (QED) is 0.599. The molecule has 1 unspecified atom stereocenters. The molecule has 2 amide bonds. The lowest BCUT2D eigenvalue weighted by Gasteiger charge is -2.26. The molecule has 1 aliphatic heterocycles. The molecule has 2 aromatic heterocycles. The van der Waals surface area contributed by atoms with Crippen molar-refractivity contribution in [1.29, 1.82) is 0 Å². The predicted octanol–water partition coefficient (Wildman–Crippen LogP) is 0.864. The zero-order valence-electron chi connectivity index (χ0n) is 16.0. The number of nitrogens with zero attached hydrogens (tertiary/aromatic N) is 2. The van der Waals surface area contributed by atoms with Gasteiger partial charge in [0.2, 0.25) is 11.8 Å². The average molecular weight is 381 g/mol. The Morgan fingerprint density at radius 3 is 2.18 bits per heavy atom. The number of pyridine rings is 2. The molecule has 3 heterocycles. The fourth-order valence-corrected chi connectivity index (χ4v) is 3.48. The smallest absolute Gasteiger partial charge is 0.228 e. The highest BCUT2D eigenvalue weighted by atomic mass is 16.2. The van der Waals surface area contributed by atoms with E-state index in [2.05, 4.69) is 25.9 Å². The average Bonchev–Trinajstić information content (AvgIpc) is 3.19. The highest BCUT2D eigenvalue weighted by Gasteiger charge is 2.42. The minimum absolute atomic E-state index is 0.0520. The van der Waals surface area contributed by atoms with E-state index in [0.29, 0.717) is 26.1 Å². The van der Waals surface area contributed by atoms with E-state index < -0.39 is 5.41 Å². The van der Waals surface area contributed by atoms with Crippen LogP contribution in [0.5, 0.6) is 0 Å². The second kappa shape index (κ2) is 9.94. The number of carbonyl (C=O) groups is 2. The molecule has 1 fully saturated rings. The maximum absolute atomic E-state index is 12.8. The summed E-state index contributed by atoms with van der Waals surface area (Å²) in [6, 6.07) is 7.74. The summed E-state index contributed by atoms with van der Waals surface area (Å²) in [5, 5.41) is 9.17. The standard InChI is InChI=1S/C21H27N5O2/c27-19(25-10-5-17-3-1-8-22-14-17)13-21(7-12-24-16-21)20(28)26-11-6-18-4-2-9-23-15-18/h1-4,8-9,14-15,24H,5-7,10-13,16H2,(H,25,27)(H,26,28). The van der Waals surface area contributed by atoms with Crippen LogP contribution >= 0.6 is 0 Å². The van der Waals surface area contributed by atoms with E-state index >= 15 is 0 Å². The Hall–Kier alpha value is -2.80.